The molecule has 0 radical (unpaired) electrons. The molecule has 0 aliphatic heterocycles. The van der Waals surface area contributed by atoms with Crippen LogP contribution in [0, 0.1) is 13.8 Å². The molecule has 2 atom stereocenters. The molecule has 0 saturated heterocycles. The minimum absolute atomic E-state index is 0.0393. The van der Waals surface area contributed by atoms with E-state index in [9.17, 15) is 18.0 Å². The Kier molecular flexibility index (Phi) is 10.8. The molecular weight excluding hydrogens is 546 g/mol. The number of halogens is 1. The second kappa shape index (κ2) is 13.8. The number of benzene rings is 3. The highest BCUT2D eigenvalue weighted by Crippen LogP contribution is 2.31. The lowest BCUT2D eigenvalue weighted by atomic mass is 10.1. The van der Waals surface area contributed by atoms with E-state index in [2.05, 4.69) is 5.32 Å². The van der Waals surface area contributed by atoms with Gasteiger partial charge in [-0.3, -0.25) is 13.9 Å². The highest BCUT2D eigenvalue weighted by molar-refractivity contribution is 7.92. The van der Waals surface area contributed by atoms with Gasteiger partial charge < -0.3 is 10.2 Å². The lowest BCUT2D eigenvalue weighted by molar-refractivity contribution is -0.140. The van der Waals surface area contributed by atoms with Crippen LogP contribution in [0.4, 0.5) is 5.69 Å². The van der Waals surface area contributed by atoms with Crippen molar-refractivity contribution >= 4 is 39.1 Å². The Hall–Kier alpha value is -3.36. The molecule has 0 fully saturated rings. The van der Waals surface area contributed by atoms with Crippen molar-refractivity contribution in [2.75, 3.05) is 10.8 Å². The molecule has 0 heterocycles. The molecule has 0 aliphatic carbocycles. The zero-order valence-corrected chi connectivity index (χ0v) is 25.3. The summed E-state index contributed by atoms with van der Waals surface area (Å²) in [5.41, 5.74) is 2.99. The Labute approximate surface area is 243 Å². The number of para-hydroxylation sites is 1. The van der Waals surface area contributed by atoms with E-state index in [0.29, 0.717) is 6.42 Å². The van der Waals surface area contributed by atoms with Crippen molar-refractivity contribution in [1.29, 1.82) is 0 Å². The minimum Gasteiger partial charge on any atom is -0.352 e. The van der Waals surface area contributed by atoms with Crippen molar-refractivity contribution in [2.45, 2.75) is 71.0 Å². The first-order chi connectivity index (χ1) is 19.0. The Balaban J connectivity index is 2.06. The molecule has 40 heavy (non-hydrogen) atoms. The molecule has 1 N–H and O–H groups in total. The SMILES string of the molecule is CCC(C)NC(=O)C(CC)N(Cc1ccc(C)cc1)C(=O)CN(c1ccccc1Cl)S(=O)(=O)c1ccc(C)cc1. The van der Waals surface area contributed by atoms with E-state index in [1.54, 1.807) is 36.4 Å². The summed E-state index contributed by atoms with van der Waals surface area (Å²) in [6.07, 6.45) is 1.10. The van der Waals surface area contributed by atoms with Gasteiger partial charge in [-0.15, -0.1) is 0 Å². The van der Waals surface area contributed by atoms with E-state index in [1.165, 1.54) is 17.0 Å². The summed E-state index contributed by atoms with van der Waals surface area (Å²) >= 11 is 6.46. The predicted octanol–water partition coefficient (Wildman–Crippen LogP) is 5.87. The van der Waals surface area contributed by atoms with Crippen LogP contribution in [0.15, 0.2) is 77.7 Å². The number of carbonyl (C=O) groups excluding carboxylic acids is 2. The highest BCUT2D eigenvalue weighted by atomic mass is 35.5. The second-order valence-electron chi connectivity index (χ2n) is 10.0. The van der Waals surface area contributed by atoms with Gasteiger partial charge in [0.25, 0.3) is 10.0 Å². The number of nitrogens with one attached hydrogen (secondary N) is 1. The Morgan fingerprint density at radius 2 is 1.45 bits per heavy atom. The van der Waals surface area contributed by atoms with E-state index in [1.807, 2.05) is 58.9 Å². The number of aryl methyl sites for hydroxylation is 2. The maximum absolute atomic E-state index is 14.1. The van der Waals surface area contributed by atoms with Crippen molar-refractivity contribution in [3.8, 4) is 0 Å². The van der Waals surface area contributed by atoms with Crippen LogP contribution < -0.4 is 9.62 Å². The van der Waals surface area contributed by atoms with E-state index in [4.69, 9.17) is 11.6 Å². The topological polar surface area (TPSA) is 86.8 Å². The fourth-order valence-electron chi connectivity index (χ4n) is 4.26. The van der Waals surface area contributed by atoms with Crippen LogP contribution in [0.5, 0.6) is 0 Å². The molecule has 9 heteroatoms. The third-order valence-electron chi connectivity index (χ3n) is 6.87. The van der Waals surface area contributed by atoms with Gasteiger partial charge in [-0.05, 0) is 63.4 Å². The molecule has 0 bridgehead atoms. The van der Waals surface area contributed by atoms with Gasteiger partial charge in [0.1, 0.15) is 12.6 Å². The van der Waals surface area contributed by atoms with Crippen molar-refractivity contribution in [3.05, 3.63) is 94.5 Å². The summed E-state index contributed by atoms with van der Waals surface area (Å²) in [7, 11) is -4.18. The van der Waals surface area contributed by atoms with Gasteiger partial charge in [-0.25, -0.2) is 8.42 Å². The Morgan fingerprint density at radius 1 is 0.875 bits per heavy atom. The number of amides is 2. The number of nitrogens with zero attached hydrogens (tertiary/aromatic N) is 2. The lowest BCUT2D eigenvalue weighted by Crippen LogP contribution is -2.53. The van der Waals surface area contributed by atoms with Crippen LogP contribution in [-0.4, -0.2) is 43.8 Å². The fourth-order valence-corrected chi connectivity index (χ4v) is 5.98. The normalized spacial score (nSPS) is 12.8. The second-order valence-corrected chi connectivity index (χ2v) is 12.3. The number of hydrogen-bond acceptors (Lipinski definition) is 4. The van der Waals surface area contributed by atoms with Crippen molar-refractivity contribution in [2.24, 2.45) is 0 Å². The monoisotopic (exact) mass is 583 g/mol. The van der Waals surface area contributed by atoms with Crippen LogP contribution in [0.3, 0.4) is 0 Å². The maximum Gasteiger partial charge on any atom is 0.264 e. The highest BCUT2D eigenvalue weighted by Gasteiger charge is 2.34. The minimum atomic E-state index is -4.18. The summed E-state index contributed by atoms with van der Waals surface area (Å²) in [4.78, 5) is 28.9. The van der Waals surface area contributed by atoms with Crippen molar-refractivity contribution in [1.82, 2.24) is 10.2 Å². The van der Waals surface area contributed by atoms with E-state index < -0.39 is 28.5 Å². The molecule has 3 aromatic carbocycles. The van der Waals surface area contributed by atoms with Crippen LogP contribution >= 0.6 is 11.6 Å². The molecular formula is C31H38ClN3O4S. The molecule has 0 aromatic heterocycles. The number of hydrogen-bond donors (Lipinski definition) is 1. The number of carbonyl (C=O) groups is 2. The zero-order chi connectivity index (χ0) is 29.4. The van der Waals surface area contributed by atoms with Gasteiger partial charge in [-0.2, -0.15) is 0 Å². The summed E-state index contributed by atoms with van der Waals surface area (Å²) in [6, 6.07) is 19.8. The standard InChI is InChI=1S/C31H38ClN3O4S/c1-6-24(5)33-31(37)28(7-2)34(20-25-16-12-22(3)13-17-25)30(36)21-35(29-11-9-8-10-27(29)32)40(38,39)26-18-14-23(4)15-19-26/h8-19,24,28H,6-7,20-21H2,1-5H3,(H,33,37). The van der Waals surface area contributed by atoms with E-state index in [-0.39, 0.29) is 34.1 Å². The van der Waals surface area contributed by atoms with Gasteiger partial charge in [0, 0.05) is 12.6 Å². The van der Waals surface area contributed by atoms with Crippen LogP contribution in [0.1, 0.15) is 50.3 Å². The lowest BCUT2D eigenvalue weighted by Gasteiger charge is -2.34. The molecule has 3 aromatic rings. The molecule has 0 spiro atoms. The fraction of sp³-hybridized carbons (Fsp3) is 0.355. The summed E-state index contributed by atoms with van der Waals surface area (Å²) in [5, 5.41) is 3.17. The quantitative estimate of drug-likeness (QED) is 0.289. The molecule has 214 valence electrons. The first kappa shape index (κ1) is 31.2. The molecule has 2 amide bonds. The average molecular weight is 584 g/mol. The van der Waals surface area contributed by atoms with Crippen LogP contribution in [-0.2, 0) is 26.2 Å². The van der Waals surface area contributed by atoms with Gasteiger partial charge in [0.05, 0.1) is 15.6 Å². The maximum atomic E-state index is 14.1. The molecule has 7 nitrogen and oxygen atoms in total. The number of sulfonamides is 1. The molecule has 0 saturated carbocycles. The Morgan fingerprint density at radius 3 is 2.00 bits per heavy atom. The summed E-state index contributed by atoms with van der Waals surface area (Å²) < 4.78 is 28.9. The van der Waals surface area contributed by atoms with Gasteiger partial charge in [-0.1, -0.05) is 85.1 Å². The van der Waals surface area contributed by atoms with Crippen molar-refractivity contribution in [3.63, 3.8) is 0 Å². The van der Waals surface area contributed by atoms with E-state index >= 15 is 0 Å². The van der Waals surface area contributed by atoms with Crippen LogP contribution in [0.25, 0.3) is 0 Å². The molecule has 0 aliphatic rings. The third kappa shape index (κ3) is 7.64. The van der Waals surface area contributed by atoms with E-state index in [0.717, 1.165) is 27.4 Å². The van der Waals surface area contributed by atoms with Gasteiger partial charge in [0.15, 0.2) is 0 Å². The van der Waals surface area contributed by atoms with Crippen LogP contribution in [0.2, 0.25) is 5.02 Å². The largest absolute Gasteiger partial charge is 0.352 e. The number of rotatable bonds is 12. The first-order valence-electron chi connectivity index (χ1n) is 13.5. The zero-order valence-electron chi connectivity index (χ0n) is 23.7. The predicted molar refractivity (Wildman–Crippen MR) is 161 cm³/mol. The third-order valence-corrected chi connectivity index (χ3v) is 8.96. The average Bonchev–Trinajstić information content (AvgIpc) is 2.93. The smallest absolute Gasteiger partial charge is 0.264 e. The molecule has 3 rings (SSSR count). The first-order valence-corrected chi connectivity index (χ1v) is 15.3. The van der Waals surface area contributed by atoms with Gasteiger partial charge in [0.2, 0.25) is 11.8 Å². The summed E-state index contributed by atoms with van der Waals surface area (Å²) in [6.45, 7) is 9.17. The summed E-state index contributed by atoms with van der Waals surface area (Å²) in [5.74, 6) is -0.787. The van der Waals surface area contributed by atoms with Gasteiger partial charge >= 0.3 is 0 Å². The Bertz CT molecular complexity index is 1410. The van der Waals surface area contributed by atoms with Crippen molar-refractivity contribution < 1.29 is 18.0 Å². The number of anilines is 1. The molecule has 2 unspecified atom stereocenters.